The fraction of sp³-hybridized carbons (Fsp3) is 0.476. The third kappa shape index (κ3) is 4.20. The van der Waals surface area contributed by atoms with Gasteiger partial charge in [-0.2, -0.15) is 0 Å². The van der Waals surface area contributed by atoms with Gasteiger partial charge in [-0.05, 0) is 42.9 Å². The number of piperazine rings is 1. The standard InChI is InChI=1S/C21H25Cl2N5O/c1-13-2-5-18-19(13)20(26-12-25-18)27-6-8-28(9-7-27)21(29)17(24)11-14-3-4-15(22)16(23)10-14/h3-4,10,12-13,17H,2,5-9,11,24H2,1H3. The highest BCUT2D eigenvalue weighted by atomic mass is 35.5. The number of carbonyl (C=O) groups excluding carboxylic acids is 1. The van der Waals surface area contributed by atoms with Crippen LogP contribution in [0.3, 0.4) is 0 Å². The maximum atomic E-state index is 12.8. The van der Waals surface area contributed by atoms with E-state index >= 15 is 0 Å². The molecule has 4 rings (SSSR count). The van der Waals surface area contributed by atoms with Gasteiger partial charge in [0.2, 0.25) is 5.91 Å². The Hall–Kier alpha value is -1.89. The maximum Gasteiger partial charge on any atom is 0.239 e. The summed E-state index contributed by atoms with van der Waals surface area (Å²) in [4.78, 5) is 26.0. The van der Waals surface area contributed by atoms with Crippen LogP contribution < -0.4 is 10.6 Å². The van der Waals surface area contributed by atoms with Crippen LogP contribution >= 0.6 is 23.2 Å². The van der Waals surface area contributed by atoms with E-state index in [0.29, 0.717) is 35.5 Å². The first kappa shape index (κ1) is 20.4. The minimum Gasteiger partial charge on any atom is -0.353 e. The lowest BCUT2D eigenvalue weighted by Gasteiger charge is -2.37. The topological polar surface area (TPSA) is 75.4 Å². The highest BCUT2D eigenvalue weighted by Crippen LogP contribution is 2.37. The van der Waals surface area contributed by atoms with E-state index in [4.69, 9.17) is 28.9 Å². The number of nitrogens with two attached hydrogens (primary N) is 1. The van der Waals surface area contributed by atoms with Crippen molar-refractivity contribution in [1.29, 1.82) is 0 Å². The van der Waals surface area contributed by atoms with E-state index in [9.17, 15) is 4.79 Å². The van der Waals surface area contributed by atoms with Gasteiger partial charge in [-0.3, -0.25) is 4.79 Å². The average molecular weight is 434 g/mol. The molecule has 2 aromatic rings. The lowest BCUT2D eigenvalue weighted by atomic mass is 10.0. The monoisotopic (exact) mass is 433 g/mol. The van der Waals surface area contributed by atoms with Crippen LogP contribution in [0.2, 0.25) is 10.0 Å². The summed E-state index contributed by atoms with van der Waals surface area (Å²) in [5.41, 5.74) is 9.56. The highest BCUT2D eigenvalue weighted by molar-refractivity contribution is 6.42. The van der Waals surface area contributed by atoms with Crippen molar-refractivity contribution >= 4 is 34.9 Å². The van der Waals surface area contributed by atoms with Crippen LogP contribution in [-0.2, 0) is 17.6 Å². The molecule has 2 unspecified atom stereocenters. The fourth-order valence-electron chi connectivity index (χ4n) is 4.26. The number of fused-ring (bicyclic) bond motifs is 1. The molecule has 1 fully saturated rings. The maximum absolute atomic E-state index is 12.8. The number of amides is 1. The molecule has 0 saturated carbocycles. The molecule has 0 radical (unpaired) electrons. The fourth-order valence-corrected chi connectivity index (χ4v) is 4.58. The van der Waals surface area contributed by atoms with Gasteiger partial charge in [0.1, 0.15) is 12.1 Å². The Labute approximate surface area is 181 Å². The molecule has 1 aliphatic carbocycles. The van der Waals surface area contributed by atoms with Gasteiger partial charge in [0.25, 0.3) is 0 Å². The molecule has 29 heavy (non-hydrogen) atoms. The number of aromatic nitrogens is 2. The average Bonchev–Trinajstić information content (AvgIpc) is 3.11. The first-order chi connectivity index (χ1) is 13.9. The number of anilines is 1. The van der Waals surface area contributed by atoms with Gasteiger partial charge < -0.3 is 15.5 Å². The van der Waals surface area contributed by atoms with Crippen LogP contribution in [0.15, 0.2) is 24.5 Å². The Kier molecular flexibility index (Phi) is 5.95. The summed E-state index contributed by atoms with van der Waals surface area (Å²) >= 11 is 12.0. The Morgan fingerprint density at radius 3 is 2.69 bits per heavy atom. The summed E-state index contributed by atoms with van der Waals surface area (Å²) in [5.74, 6) is 1.49. The van der Waals surface area contributed by atoms with E-state index < -0.39 is 6.04 Å². The first-order valence-corrected chi connectivity index (χ1v) is 10.8. The van der Waals surface area contributed by atoms with Crippen LogP contribution in [-0.4, -0.2) is 53.0 Å². The van der Waals surface area contributed by atoms with Crippen molar-refractivity contribution in [2.75, 3.05) is 31.1 Å². The molecule has 2 aliphatic rings. The van der Waals surface area contributed by atoms with Crippen molar-refractivity contribution in [1.82, 2.24) is 14.9 Å². The summed E-state index contributed by atoms with van der Waals surface area (Å²) in [5, 5.41) is 0.973. The molecule has 1 aromatic carbocycles. The van der Waals surface area contributed by atoms with Gasteiger partial charge in [0.15, 0.2) is 0 Å². The number of hydrogen-bond donors (Lipinski definition) is 1. The van der Waals surface area contributed by atoms with Crippen LogP contribution in [0.4, 0.5) is 5.82 Å². The van der Waals surface area contributed by atoms with Gasteiger partial charge >= 0.3 is 0 Å². The van der Waals surface area contributed by atoms with E-state index in [1.807, 2.05) is 11.0 Å². The molecule has 1 aliphatic heterocycles. The quantitative estimate of drug-likeness (QED) is 0.801. The van der Waals surface area contributed by atoms with E-state index in [1.165, 1.54) is 11.3 Å². The molecular weight excluding hydrogens is 409 g/mol. The Morgan fingerprint density at radius 1 is 1.21 bits per heavy atom. The summed E-state index contributed by atoms with van der Waals surface area (Å²) in [7, 11) is 0. The SMILES string of the molecule is CC1CCc2ncnc(N3CCN(C(=O)C(N)Cc4ccc(Cl)c(Cl)c4)CC3)c21. The number of halogens is 2. The molecule has 154 valence electrons. The summed E-state index contributed by atoms with van der Waals surface area (Å²) in [6.07, 6.45) is 4.25. The second kappa shape index (κ2) is 8.46. The molecule has 0 bridgehead atoms. The number of carbonyl (C=O) groups is 1. The molecular formula is C21H25Cl2N5O. The van der Waals surface area contributed by atoms with Gasteiger partial charge in [0, 0.05) is 37.4 Å². The highest BCUT2D eigenvalue weighted by Gasteiger charge is 2.30. The van der Waals surface area contributed by atoms with Crippen molar-refractivity contribution in [3.05, 3.63) is 51.4 Å². The predicted molar refractivity (Wildman–Crippen MR) is 116 cm³/mol. The lowest BCUT2D eigenvalue weighted by molar-refractivity contribution is -0.132. The van der Waals surface area contributed by atoms with E-state index in [1.54, 1.807) is 18.5 Å². The second-order valence-electron chi connectivity index (χ2n) is 7.87. The normalized spacial score (nSPS) is 19.9. The second-order valence-corrected chi connectivity index (χ2v) is 8.68. The molecule has 1 aromatic heterocycles. The third-order valence-corrected chi connectivity index (χ3v) is 6.64. The third-order valence-electron chi connectivity index (χ3n) is 5.90. The molecule has 8 heteroatoms. The molecule has 2 heterocycles. The number of hydrogen-bond acceptors (Lipinski definition) is 5. The van der Waals surface area contributed by atoms with Crippen molar-refractivity contribution in [2.45, 2.75) is 38.1 Å². The molecule has 1 amide bonds. The minimum absolute atomic E-state index is 0.0305. The zero-order chi connectivity index (χ0) is 20.5. The van der Waals surface area contributed by atoms with Gasteiger partial charge in [-0.25, -0.2) is 9.97 Å². The van der Waals surface area contributed by atoms with E-state index in [-0.39, 0.29) is 5.91 Å². The van der Waals surface area contributed by atoms with Gasteiger partial charge in [0.05, 0.1) is 16.1 Å². The van der Waals surface area contributed by atoms with Crippen LogP contribution in [0.5, 0.6) is 0 Å². The molecule has 0 spiro atoms. The Bertz CT molecular complexity index is 914. The minimum atomic E-state index is -0.595. The van der Waals surface area contributed by atoms with Crippen molar-refractivity contribution in [2.24, 2.45) is 5.73 Å². The predicted octanol–water partition coefficient (Wildman–Crippen LogP) is 3.05. The zero-order valence-corrected chi connectivity index (χ0v) is 18.0. The Morgan fingerprint density at radius 2 is 1.97 bits per heavy atom. The molecule has 2 N–H and O–H groups in total. The number of benzene rings is 1. The molecule has 6 nitrogen and oxygen atoms in total. The van der Waals surface area contributed by atoms with Crippen LogP contribution in [0, 0.1) is 0 Å². The lowest BCUT2D eigenvalue weighted by Crippen LogP contribution is -2.54. The van der Waals surface area contributed by atoms with Crippen molar-refractivity contribution < 1.29 is 4.79 Å². The first-order valence-electron chi connectivity index (χ1n) is 10.0. The largest absolute Gasteiger partial charge is 0.353 e. The summed E-state index contributed by atoms with van der Waals surface area (Å²) in [6.45, 7) is 5.02. The molecule has 1 saturated heterocycles. The summed E-state index contributed by atoms with van der Waals surface area (Å²) < 4.78 is 0. The van der Waals surface area contributed by atoms with Crippen molar-refractivity contribution in [3.63, 3.8) is 0 Å². The Balaban J connectivity index is 1.38. The molecule has 2 atom stereocenters. The zero-order valence-electron chi connectivity index (χ0n) is 16.4. The van der Waals surface area contributed by atoms with E-state index in [2.05, 4.69) is 21.8 Å². The van der Waals surface area contributed by atoms with Crippen molar-refractivity contribution in [3.8, 4) is 0 Å². The number of aryl methyl sites for hydroxylation is 1. The summed E-state index contributed by atoms with van der Waals surface area (Å²) in [6, 6.07) is 4.76. The number of nitrogens with zero attached hydrogens (tertiary/aromatic N) is 4. The van der Waals surface area contributed by atoms with Gasteiger partial charge in [-0.15, -0.1) is 0 Å². The smallest absolute Gasteiger partial charge is 0.239 e. The van der Waals surface area contributed by atoms with Gasteiger partial charge in [-0.1, -0.05) is 36.2 Å². The number of rotatable bonds is 4. The van der Waals surface area contributed by atoms with Crippen LogP contribution in [0.1, 0.15) is 36.1 Å². The van der Waals surface area contributed by atoms with Crippen LogP contribution in [0.25, 0.3) is 0 Å². The van der Waals surface area contributed by atoms with E-state index in [0.717, 1.165) is 37.3 Å².